The molecule has 0 saturated heterocycles. The minimum atomic E-state index is -1.79. The monoisotopic (exact) mass is 180 g/mol. The number of carbonyl (C=O) groups is 1. The van der Waals surface area contributed by atoms with E-state index in [1.165, 1.54) is 0 Å². The van der Waals surface area contributed by atoms with Crippen LogP contribution in [0.3, 0.4) is 0 Å². The molecule has 0 aromatic rings. The molecule has 0 aromatic heterocycles. The van der Waals surface area contributed by atoms with Crippen molar-refractivity contribution in [2.75, 3.05) is 6.61 Å². The Morgan fingerprint density at radius 3 is 1.92 bits per heavy atom. The highest BCUT2D eigenvalue weighted by atomic mass is 16.4. The van der Waals surface area contributed by atoms with E-state index in [0.717, 1.165) is 0 Å². The number of hydrogen-bond acceptors (Lipinski definition) is 6. The molecule has 2 unspecified atom stereocenters. The van der Waals surface area contributed by atoms with Crippen LogP contribution in [0, 0.1) is 0 Å². The predicted octanol–water partition coefficient (Wildman–Crippen LogP) is -3.38. The summed E-state index contributed by atoms with van der Waals surface area (Å²) in [5, 5.41) is 43.5. The molecule has 0 aliphatic heterocycles. The van der Waals surface area contributed by atoms with Gasteiger partial charge in [0, 0.05) is 0 Å². The Labute approximate surface area is 68.7 Å². The lowest BCUT2D eigenvalue weighted by Gasteiger charge is -2.22. The fraction of sp³-hybridized carbons (Fsp3) is 0.833. The molecule has 72 valence electrons. The van der Waals surface area contributed by atoms with E-state index in [1.807, 2.05) is 0 Å². The fourth-order valence-electron chi connectivity index (χ4n) is 0.618. The Morgan fingerprint density at radius 1 is 1.08 bits per heavy atom. The molecule has 0 spiro atoms. The maximum absolute atomic E-state index is 9.90. The second-order valence-corrected chi connectivity index (χ2v) is 2.36. The highest BCUT2D eigenvalue weighted by Crippen LogP contribution is 2.02. The molecule has 0 amide bonds. The molecule has 0 saturated carbocycles. The third-order valence-corrected chi connectivity index (χ3v) is 1.42. The maximum Gasteiger partial charge on any atom is 0.151 e. The van der Waals surface area contributed by atoms with Crippen LogP contribution in [0.25, 0.3) is 0 Å². The predicted molar refractivity (Wildman–Crippen MR) is 37.2 cm³/mol. The summed E-state index contributed by atoms with van der Waals surface area (Å²) in [5.41, 5.74) is 0. The summed E-state index contributed by atoms with van der Waals surface area (Å²) < 4.78 is 0. The van der Waals surface area contributed by atoms with Crippen molar-refractivity contribution in [3.63, 3.8) is 0 Å². The van der Waals surface area contributed by atoms with Gasteiger partial charge in [-0.2, -0.15) is 0 Å². The summed E-state index contributed by atoms with van der Waals surface area (Å²) in [6, 6.07) is 0. The third kappa shape index (κ3) is 2.84. The Morgan fingerprint density at radius 2 is 1.58 bits per heavy atom. The van der Waals surface area contributed by atoms with Gasteiger partial charge in [-0.3, -0.25) is 0 Å². The average Bonchev–Trinajstić information content (AvgIpc) is 2.12. The first-order valence-electron chi connectivity index (χ1n) is 3.33. The molecule has 12 heavy (non-hydrogen) atoms. The zero-order valence-electron chi connectivity index (χ0n) is 6.24. The van der Waals surface area contributed by atoms with Crippen molar-refractivity contribution in [1.82, 2.24) is 0 Å². The molecule has 0 rings (SSSR count). The average molecular weight is 180 g/mol. The maximum atomic E-state index is 9.90. The van der Waals surface area contributed by atoms with E-state index in [4.69, 9.17) is 25.5 Å². The van der Waals surface area contributed by atoms with Crippen LogP contribution in [0.4, 0.5) is 0 Å². The van der Waals surface area contributed by atoms with Crippen molar-refractivity contribution in [2.24, 2.45) is 0 Å². The van der Waals surface area contributed by atoms with E-state index in [0.29, 0.717) is 0 Å². The van der Waals surface area contributed by atoms with Gasteiger partial charge in [-0.15, -0.1) is 0 Å². The van der Waals surface area contributed by atoms with E-state index in [9.17, 15) is 4.79 Å². The van der Waals surface area contributed by atoms with Crippen LogP contribution >= 0.6 is 0 Å². The summed E-state index contributed by atoms with van der Waals surface area (Å²) in [7, 11) is 0. The molecule has 0 heterocycles. The zero-order chi connectivity index (χ0) is 9.72. The van der Waals surface area contributed by atoms with E-state index >= 15 is 0 Å². The quantitative estimate of drug-likeness (QED) is 0.282. The molecule has 0 fully saturated rings. The first-order chi connectivity index (χ1) is 5.54. The number of hydrogen-bond donors (Lipinski definition) is 5. The molecule has 0 aliphatic rings. The Hall–Kier alpha value is -0.530. The molecule has 6 nitrogen and oxygen atoms in total. The molecule has 0 aliphatic carbocycles. The summed E-state index contributed by atoms with van der Waals surface area (Å²) in [5.74, 6) is 0. The lowest BCUT2D eigenvalue weighted by Crippen LogP contribution is -2.46. The normalized spacial score (nSPS) is 21.1. The minimum absolute atomic E-state index is 0.0258. The number of rotatable bonds is 5. The van der Waals surface area contributed by atoms with Crippen molar-refractivity contribution in [1.29, 1.82) is 0 Å². The van der Waals surface area contributed by atoms with Crippen LogP contribution in [0.15, 0.2) is 0 Å². The van der Waals surface area contributed by atoms with E-state index < -0.39 is 31.0 Å². The molecule has 0 aromatic carbocycles. The number of aliphatic hydroxyl groups excluding tert-OH is 5. The van der Waals surface area contributed by atoms with E-state index in [-0.39, 0.29) is 6.29 Å². The smallest absolute Gasteiger partial charge is 0.151 e. The molecule has 6 heteroatoms. The first kappa shape index (κ1) is 11.5. The molecular formula is C6H12O6. The minimum Gasteiger partial charge on any atom is -0.394 e. The van der Waals surface area contributed by atoms with Crippen LogP contribution in [0.2, 0.25) is 0 Å². The highest BCUT2D eigenvalue weighted by Gasteiger charge is 2.29. The SMILES string of the molecule is O=CC(O)[C@H](O)C(O)[C@@H](O)CO. The number of carbonyl (C=O) groups excluding carboxylic acids is 1. The fourth-order valence-corrected chi connectivity index (χ4v) is 0.618. The van der Waals surface area contributed by atoms with Crippen molar-refractivity contribution < 1.29 is 30.3 Å². The van der Waals surface area contributed by atoms with Crippen LogP contribution in [-0.2, 0) is 4.79 Å². The first-order valence-corrected chi connectivity index (χ1v) is 3.33. The molecule has 0 bridgehead atoms. The van der Waals surface area contributed by atoms with E-state index in [2.05, 4.69) is 0 Å². The Bertz CT molecular complexity index is 138. The van der Waals surface area contributed by atoms with E-state index in [1.54, 1.807) is 0 Å². The molecule has 5 N–H and O–H groups in total. The number of aldehydes is 1. The van der Waals surface area contributed by atoms with Gasteiger partial charge in [0.1, 0.15) is 24.4 Å². The van der Waals surface area contributed by atoms with Gasteiger partial charge >= 0.3 is 0 Å². The topological polar surface area (TPSA) is 118 Å². The van der Waals surface area contributed by atoms with Gasteiger partial charge in [-0.25, -0.2) is 0 Å². The molecule has 4 atom stereocenters. The molecular weight excluding hydrogens is 168 g/mol. The summed E-state index contributed by atoms with van der Waals surface area (Å²) in [4.78, 5) is 9.90. The van der Waals surface area contributed by atoms with Gasteiger partial charge in [0.25, 0.3) is 0 Å². The lowest BCUT2D eigenvalue weighted by atomic mass is 10.0. The second-order valence-electron chi connectivity index (χ2n) is 2.36. The van der Waals surface area contributed by atoms with Gasteiger partial charge in [0.2, 0.25) is 0 Å². The standard InChI is InChI=1S/C6H12O6/c7-1-3(9)5(11)6(12)4(10)2-8/h1,3-6,8-12H,2H2/t3?,4-,5-,6?/m0/s1. The van der Waals surface area contributed by atoms with Gasteiger partial charge in [0.05, 0.1) is 6.61 Å². The molecule has 0 radical (unpaired) electrons. The van der Waals surface area contributed by atoms with Crippen LogP contribution in [-0.4, -0.2) is 62.8 Å². The Balaban J connectivity index is 4.07. The zero-order valence-corrected chi connectivity index (χ0v) is 6.24. The largest absolute Gasteiger partial charge is 0.394 e. The van der Waals surface area contributed by atoms with Crippen molar-refractivity contribution in [3.8, 4) is 0 Å². The highest BCUT2D eigenvalue weighted by molar-refractivity contribution is 5.56. The summed E-state index contributed by atoms with van der Waals surface area (Å²) in [6.45, 7) is -0.760. The van der Waals surface area contributed by atoms with Crippen molar-refractivity contribution >= 4 is 6.29 Å². The van der Waals surface area contributed by atoms with Crippen LogP contribution in [0.5, 0.6) is 0 Å². The van der Waals surface area contributed by atoms with Crippen molar-refractivity contribution in [2.45, 2.75) is 24.4 Å². The lowest BCUT2D eigenvalue weighted by molar-refractivity contribution is -0.136. The van der Waals surface area contributed by atoms with Gasteiger partial charge < -0.3 is 30.3 Å². The van der Waals surface area contributed by atoms with Crippen LogP contribution < -0.4 is 0 Å². The van der Waals surface area contributed by atoms with Crippen molar-refractivity contribution in [3.05, 3.63) is 0 Å². The third-order valence-electron chi connectivity index (χ3n) is 1.42. The second kappa shape index (κ2) is 5.18. The number of aliphatic hydroxyl groups is 5. The van der Waals surface area contributed by atoms with Gasteiger partial charge in [-0.1, -0.05) is 0 Å². The Kier molecular flexibility index (Phi) is 4.95. The summed E-state index contributed by atoms with van der Waals surface area (Å²) >= 11 is 0. The van der Waals surface area contributed by atoms with Gasteiger partial charge in [-0.05, 0) is 0 Å². The summed E-state index contributed by atoms with van der Waals surface area (Å²) in [6.07, 6.45) is -6.84. The van der Waals surface area contributed by atoms with Crippen LogP contribution in [0.1, 0.15) is 0 Å². The van der Waals surface area contributed by atoms with Gasteiger partial charge in [0.15, 0.2) is 6.29 Å².